The van der Waals surface area contributed by atoms with Crippen LogP contribution in [0, 0.1) is 16.6 Å². The summed E-state index contributed by atoms with van der Waals surface area (Å²) in [6.45, 7) is 8.28. The molecule has 0 atom stereocenters. The van der Waals surface area contributed by atoms with Crippen LogP contribution >= 0.6 is 11.6 Å². The minimum atomic E-state index is -0.701. The number of amides is 3. The zero-order valence-corrected chi connectivity index (χ0v) is 34.8. The van der Waals surface area contributed by atoms with Crippen molar-refractivity contribution >= 4 is 46.9 Å². The molecule has 2 fully saturated rings. The van der Waals surface area contributed by atoms with E-state index >= 15 is 4.39 Å². The number of aromatic nitrogens is 4. The molecule has 312 valence electrons. The van der Waals surface area contributed by atoms with Crippen LogP contribution in [0.1, 0.15) is 103 Å². The molecule has 2 aliphatic heterocycles. The molecule has 3 amide bonds. The maximum Gasteiger partial charge on any atom is 0.410 e. The lowest BCUT2D eigenvalue weighted by Crippen LogP contribution is -2.40. The molecule has 14 nitrogen and oxygen atoms in total. The van der Waals surface area contributed by atoms with Crippen LogP contribution in [0.5, 0.6) is 0 Å². The lowest BCUT2D eigenvalue weighted by Gasteiger charge is -2.32. The molecule has 4 aliphatic rings. The Morgan fingerprint density at radius 1 is 0.847 bits per heavy atom. The van der Waals surface area contributed by atoms with Crippen LogP contribution in [-0.2, 0) is 49.6 Å². The van der Waals surface area contributed by atoms with Crippen LogP contribution in [0.3, 0.4) is 0 Å². The Bertz CT molecular complexity index is 2370. The number of halogens is 2. The van der Waals surface area contributed by atoms with Crippen molar-refractivity contribution in [3.05, 3.63) is 81.7 Å². The van der Waals surface area contributed by atoms with Crippen molar-refractivity contribution in [2.75, 3.05) is 30.3 Å². The Labute approximate surface area is 347 Å². The molecule has 4 heterocycles. The monoisotopic (exact) mass is 828 g/mol. The standard InChI is InChI=1S/C43H50ClFN8O6/c1-41(2,3)59-40(58)53-20-13-32-30(23-53)47-35(51(32)5)37(54)48-27-10-6-8-25(33(27)44)26-9-7-11-28(34(26)45)49-38(55)36-46-29-22-52(19-12-31(29)50(36)4)21-18-42-14-16-43(24-42,17-15-42)39(56)57/h6-11H,12-24H2,1-5H3,(H,48,54)(H,49,55)(H,56,57). The molecule has 8 rings (SSSR count). The number of anilines is 2. The topological polar surface area (TPSA) is 164 Å². The third kappa shape index (κ3) is 7.58. The van der Waals surface area contributed by atoms with Crippen molar-refractivity contribution in [2.24, 2.45) is 24.9 Å². The number of nitrogens with zero attached hydrogens (tertiary/aromatic N) is 6. The summed E-state index contributed by atoms with van der Waals surface area (Å²) in [6.07, 6.45) is 5.94. The van der Waals surface area contributed by atoms with Crippen molar-refractivity contribution in [3.63, 3.8) is 0 Å². The van der Waals surface area contributed by atoms with Gasteiger partial charge < -0.3 is 34.5 Å². The van der Waals surface area contributed by atoms with Gasteiger partial charge in [-0.2, -0.15) is 0 Å². The largest absolute Gasteiger partial charge is 0.481 e. The quantitative estimate of drug-likeness (QED) is 0.158. The fourth-order valence-electron chi connectivity index (χ4n) is 9.57. The molecule has 0 spiro atoms. The van der Waals surface area contributed by atoms with Crippen LogP contribution in [0.15, 0.2) is 36.4 Å². The number of imidazole rings is 2. The molecule has 4 aromatic rings. The zero-order chi connectivity index (χ0) is 42.0. The van der Waals surface area contributed by atoms with E-state index in [9.17, 15) is 24.3 Å². The second-order valence-corrected chi connectivity index (χ2v) is 18.1. The number of carboxylic acids is 1. The highest BCUT2D eigenvalue weighted by atomic mass is 35.5. The van der Waals surface area contributed by atoms with Gasteiger partial charge in [0.1, 0.15) is 5.60 Å². The highest BCUT2D eigenvalue weighted by Gasteiger charge is 2.57. The summed E-state index contributed by atoms with van der Waals surface area (Å²) in [5, 5.41) is 15.4. The number of carboxylic acid groups (broad SMARTS) is 1. The number of aliphatic carboxylic acids is 1. The normalized spacial score (nSPS) is 21.2. The first-order valence-corrected chi connectivity index (χ1v) is 20.6. The highest BCUT2D eigenvalue weighted by molar-refractivity contribution is 6.36. The van der Waals surface area contributed by atoms with Crippen molar-refractivity contribution in [1.82, 2.24) is 28.9 Å². The number of carbonyl (C=O) groups is 4. The first kappa shape index (κ1) is 40.5. The van der Waals surface area contributed by atoms with Gasteiger partial charge in [-0.15, -0.1) is 0 Å². The first-order chi connectivity index (χ1) is 28.0. The Morgan fingerprint density at radius 2 is 1.42 bits per heavy atom. The van der Waals surface area contributed by atoms with Gasteiger partial charge in [0.25, 0.3) is 11.8 Å². The number of ether oxygens (including phenoxy) is 1. The van der Waals surface area contributed by atoms with E-state index in [2.05, 4.69) is 20.5 Å². The first-order valence-electron chi connectivity index (χ1n) is 20.2. The third-order valence-electron chi connectivity index (χ3n) is 12.8. The van der Waals surface area contributed by atoms with E-state index < -0.39 is 40.7 Å². The number of hydrogen-bond acceptors (Lipinski definition) is 8. The van der Waals surface area contributed by atoms with Gasteiger partial charge in [0, 0.05) is 69.1 Å². The summed E-state index contributed by atoms with van der Waals surface area (Å²) >= 11 is 6.84. The fourth-order valence-corrected chi connectivity index (χ4v) is 9.85. The minimum absolute atomic E-state index is 0.0514. The van der Waals surface area contributed by atoms with E-state index in [-0.39, 0.29) is 45.6 Å². The van der Waals surface area contributed by atoms with E-state index in [4.69, 9.17) is 21.3 Å². The maximum atomic E-state index is 16.3. The molecule has 2 aliphatic carbocycles. The lowest BCUT2D eigenvalue weighted by atomic mass is 9.80. The second-order valence-electron chi connectivity index (χ2n) is 17.7. The van der Waals surface area contributed by atoms with Gasteiger partial charge in [0.05, 0.1) is 39.7 Å². The average Bonchev–Trinajstić information content (AvgIpc) is 3.95. The third-order valence-corrected chi connectivity index (χ3v) is 13.2. The van der Waals surface area contributed by atoms with Gasteiger partial charge in [0.2, 0.25) is 0 Å². The smallest absolute Gasteiger partial charge is 0.410 e. The molecule has 16 heteroatoms. The van der Waals surface area contributed by atoms with E-state index in [1.165, 1.54) is 6.07 Å². The maximum absolute atomic E-state index is 16.3. The molecule has 59 heavy (non-hydrogen) atoms. The lowest BCUT2D eigenvalue weighted by molar-refractivity contribution is -0.148. The number of benzene rings is 2. The minimum Gasteiger partial charge on any atom is -0.481 e. The van der Waals surface area contributed by atoms with E-state index in [0.717, 1.165) is 68.7 Å². The molecule has 0 unspecified atom stereocenters. The predicted molar refractivity (Wildman–Crippen MR) is 219 cm³/mol. The van der Waals surface area contributed by atoms with Crippen LogP contribution < -0.4 is 10.6 Å². The average molecular weight is 829 g/mol. The number of carbonyl (C=O) groups excluding carboxylic acids is 3. The van der Waals surface area contributed by atoms with Gasteiger partial charge in [-0.05, 0) is 83.4 Å². The predicted octanol–water partition coefficient (Wildman–Crippen LogP) is 7.19. The summed E-state index contributed by atoms with van der Waals surface area (Å²) in [5.41, 5.74) is 2.75. The summed E-state index contributed by atoms with van der Waals surface area (Å²) in [5.74, 6) is -2.12. The SMILES string of the molecule is Cn1c(C(=O)Nc2cccc(-c3cccc(NC(=O)c4nc5c(n4C)CCN(C(=O)OC(C)(C)C)C5)c3Cl)c2F)nc2c1CCN(CCC13CCC(C(=O)O)(CC1)C3)C2. The summed E-state index contributed by atoms with van der Waals surface area (Å²) in [6, 6.07) is 9.52. The highest BCUT2D eigenvalue weighted by Crippen LogP contribution is 2.63. The number of nitrogens with one attached hydrogen (secondary N) is 2. The Kier molecular flexibility index (Phi) is 10.3. The van der Waals surface area contributed by atoms with Gasteiger partial charge in [0.15, 0.2) is 17.5 Å². The molecular formula is C43H50ClFN8O6. The van der Waals surface area contributed by atoms with E-state index in [1.807, 2.05) is 0 Å². The molecular weight excluding hydrogens is 779 g/mol. The zero-order valence-electron chi connectivity index (χ0n) is 34.1. The Balaban J connectivity index is 0.932. The Morgan fingerprint density at radius 3 is 2.03 bits per heavy atom. The van der Waals surface area contributed by atoms with Crippen LogP contribution in [0.25, 0.3) is 11.1 Å². The second kappa shape index (κ2) is 15.1. The van der Waals surface area contributed by atoms with Crippen molar-refractivity contribution in [2.45, 2.75) is 90.8 Å². The van der Waals surface area contributed by atoms with Crippen molar-refractivity contribution in [3.8, 4) is 11.1 Å². The number of rotatable bonds is 9. The van der Waals surface area contributed by atoms with E-state index in [1.54, 1.807) is 79.2 Å². The van der Waals surface area contributed by atoms with Gasteiger partial charge in [-0.1, -0.05) is 35.9 Å². The molecule has 0 saturated heterocycles. The van der Waals surface area contributed by atoms with Gasteiger partial charge in [-0.25, -0.2) is 19.2 Å². The fraction of sp³-hybridized carbons (Fsp3) is 0.488. The molecule has 2 aromatic carbocycles. The summed E-state index contributed by atoms with van der Waals surface area (Å²) < 4.78 is 25.3. The molecule has 2 saturated carbocycles. The molecule has 3 N–H and O–H groups in total. The van der Waals surface area contributed by atoms with Crippen LogP contribution in [-0.4, -0.2) is 83.1 Å². The summed E-state index contributed by atoms with van der Waals surface area (Å²) in [7, 11) is 3.54. The van der Waals surface area contributed by atoms with Crippen molar-refractivity contribution < 1.29 is 33.4 Å². The van der Waals surface area contributed by atoms with Gasteiger partial charge >= 0.3 is 12.1 Å². The number of fused-ring (bicyclic) bond motifs is 4. The molecule has 2 aromatic heterocycles. The van der Waals surface area contributed by atoms with E-state index in [0.29, 0.717) is 37.2 Å². The Hall–Kier alpha value is -5.28. The molecule has 2 bridgehead atoms. The van der Waals surface area contributed by atoms with Crippen LogP contribution in [0.2, 0.25) is 5.02 Å². The molecule has 0 radical (unpaired) electrons. The number of hydrogen-bond donors (Lipinski definition) is 3. The summed E-state index contributed by atoms with van der Waals surface area (Å²) in [4.78, 5) is 65.1. The van der Waals surface area contributed by atoms with Crippen molar-refractivity contribution in [1.29, 1.82) is 0 Å². The van der Waals surface area contributed by atoms with Crippen LogP contribution in [0.4, 0.5) is 20.6 Å². The van der Waals surface area contributed by atoms with Gasteiger partial charge in [-0.3, -0.25) is 19.3 Å².